The maximum atomic E-state index is 11.5. The van der Waals surface area contributed by atoms with Crippen molar-refractivity contribution in [3.05, 3.63) is 125 Å². The molecule has 0 saturated heterocycles. The summed E-state index contributed by atoms with van der Waals surface area (Å²) in [6, 6.07) is 32.1. The van der Waals surface area contributed by atoms with E-state index >= 15 is 0 Å². The van der Waals surface area contributed by atoms with E-state index in [2.05, 4.69) is 54.6 Å². The Balaban J connectivity index is 1.28. The summed E-state index contributed by atoms with van der Waals surface area (Å²) in [7, 11) is 0. The third-order valence-electron chi connectivity index (χ3n) is 5.83. The summed E-state index contributed by atoms with van der Waals surface area (Å²) in [5.74, 6) is -0.0274. The smallest absolute Gasteiger partial charge is 0.335 e. The highest BCUT2D eigenvalue weighted by atomic mass is 16.5. The lowest BCUT2D eigenvalue weighted by atomic mass is 9.98. The molecule has 0 heterocycles. The molecule has 0 amide bonds. The summed E-state index contributed by atoms with van der Waals surface area (Å²) in [6.07, 6.45) is 2.74. The molecule has 1 aliphatic carbocycles. The minimum Gasteiger partial charge on any atom is -0.489 e. The number of hydrogen-bond donors (Lipinski definition) is 1. The third-order valence-corrected chi connectivity index (χ3v) is 5.83. The van der Waals surface area contributed by atoms with Gasteiger partial charge in [-0.05, 0) is 63.6 Å². The van der Waals surface area contributed by atoms with E-state index in [-0.39, 0.29) is 0 Å². The highest BCUT2D eigenvalue weighted by Crippen LogP contribution is 2.34. The van der Waals surface area contributed by atoms with E-state index in [9.17, 15) is 9.90 Å². The predicted molar refractivity (Wildman–Crippen MR) is 128 cm³/mol. The van der Waals surface area contributed by atoms with Crippen LogP contribution in [0.1, 0.15) is 32.6 Å². The topological polar surface area (TPSA) is 46.5 Å². The largest absolute Gasteiger partial charge is 0.489 e. The first-order valence-electron chi connectivity index (χ1n) is 10.6. The monoisotopic (exact) mass is 418 g/mol. The molecular formula is C29H22O3. The van der Waals surface area contributed by atoms with E-state index in [1.165, 1.54) is 0 Å². The van der Waals surface area contributed by atoms with Crippen LogP contribution in [0.3, 0.4) is 0 Å². The summed E-state index contributed by atoms with van der Waals surface area (Å²) in [4.78, 5) is 11.5. The Labute approximate surface area is 187 Å². The molecule has 0 bridgehead atoms. The summed E-state index contributed by atoms with van der Waals surface area (Å²) in [5.41, 5.74) is 7.94. The van der Waals surface area contributed by atoms with Crippen molar-refractivity contribution < 1.29 is 14.6 Å². The van der Waals surface area contributed by atoms with Crippen LogP contribution in [0.25, 0.3) is 22.8 Å². The molecule has 0 aliphatic heterocycles. The molecule has 0 aromatic heterocycles. The second-order valence-electron chi connectivity index (χ2n) is 7.90. The summed E-state index contributed by atoms with van der Waals surface area (Å²) < 4.78 is 5.88. The van der Waals surface area contributed by atoms with Crippen molar-refractivity contribution in [2.75, 3.05) is 0 Å². The number of carboxylic acid groups (broad SMARTS) is 1. The molecule has 0 saturated carbocycles. The molecule has 3 nitrogen and oxygen atoms in total. The van der Waals surface area contributed by atoms with Gasteiger partial charge in [0.25, 0.3) is 0 Å². The molecule has 0 fully saturated rings. The Bertz CT molecular complexity index is 1280. The number of carboxylic acids is 1. The Hall–Kier alpha value is -4.11. The van der Waals surface area contributed by atoms with Crippen molar-refractivity contribution in [1.82, 2.24) is 0 Å². The zero-order chi connectivity index (χ0) is 21.9. The van der Waals surface area contributed by atoms with E-state index in [1.807, 2.05) is 36.4 Å². The maximum Gasteiger partial charge on any atom is 0.335 e. The van der Waals surface area contributed by atoms with Crippen molar-refractivity contribution in [3.63, 3.8) is 0 Å². The van der Waals surface area contributed by atoms with Crippen LogP contribution in [0.5, 0.6) is 5.75 Å². The van der Waals surface area contributed by atoms with Crippen molar-refractivity contribution in [2.24, 2.45) is 0 Å². The van der Waals surface area contributed by atoms with Gasteiger partial charge in [0.05, 0.1) is 5.56 Å². The Morgan fingerprint density at radius 3 is 2.09 bits per heavy atom. The Kier molecular flexibility index (Phi) is 5.30. The van der Waals surface area contributed by atoms with Crippen molar-refractivity contribution in [1.29, 1.82) is 0 Å². The van der Waals surface area contributed by atoms with Gasteiger partial charge in [0, 0.05) is 0 Å². The van der Waals surface area contributed by atoms with Crippen LogP contribution in [0.15, 0.2) is 97.1 Å². The number of allylic oxidation sites excluding steroid dienone is 1. The zero-order valence-corrected chi connectivity index (χ0v) is 17.5. The van der Waals surface area contributed by atoms with Crippen molar-refractivity contribution >= 4 is 17.6 Å². The fourth-order valence-corrected chi connectivity index (χ4v) is 4.11. The van der Waals surface area contributed by atoms with Gasteiger partial charge in [0.1, 0.15) is 12.4 Å². The van der Waals surface area contributed by atoms with Crippen molar-refractivity contribution in [3.8, 4) is 16.9 Å². The number of carbonyl (C=O) groups is 1. The first kappa shape index (κ1) is 19.8. The zero-order valence-electron chi connectivity index (χ0n) is 17.5. The van der Waals surface area contributed by atoms with Gasteiger partial charge in [-0.15, -0.1) is 0 Å². The lowest BCUT2D eigenvalue weighted by Gasteiger charge is -2.09. The molecule has 0 spiro atoms. The van der Waals surface area contributed by atoms with Gasteiger partial charge in [-0.25, -0.2) is 4.79 Å². The summed E-state index contributed by atoms with van der Waals surface area (Å²) in [6.45, 7) is 0.552. The fraction of sp³-hybridized carbons (Fsp3) is 0.0690. The Morgan fingerprint density at radius 2 is 1.41 bits per heavy atom. The number of fused-ring (bicyclic) bond motifs is 1. The standard InChI is InChI=1S/C29H22O3/c30-29(31)27-8-4-7-24-17-25(18-28(24)27)23-11-9-21(10-12-23)22-13-15-26(16-14-22)32-19-20-5-2-1-3-6-20/h1-17H,18-19H2,(H,30,31). The van der Waals surface area contributed by atoms with E-state index in [4.69, 9.17) is 4.74 Å². The van der Waals surface area contributed by atoms with Gasteiger partial charge in [0.15, 0.2) is 0 Å². The van der Waals surface area contributed by atoms with E-state index in [0.29, 0.717) is 18.6 Å². The second-order valence-corrected chi connectivity index (χ2v) is 7.90. The molecule has 5 rings (SSSR count). The van der Waals surface area contributed by atoms with Crippen LogP contribution in [-0.4, -0.2) is 11.1 Å². The van der Waals surface area contributed by atoms with Gasteiger partial charge < -0.3 is 9.84 Å². The van der Waals surface area contributed by atoms with Crippen LogP contribution >= 0.6 is 0 Å². The number of ether oxygens (including phenoxy) is 1. The van der Waals surface area contributed by atoms with Gasteiger partial charge in [-0.1, -0.05) is 84.9 Å². The predicted octanol–water partition coefficient (Wildman–Crippen LogP) is 6.73. The lowest BCUT2D eigenvalue weighted by Crippen LogP contribution is -2.02. The highest BCUT2D eigenvalue weighted by Gasteiger charge is 2.20. The summed E-state index contributed by atoms with van der Waals surface area (Å²) >= 11 is 0. The Morgan fingerprint density at radius 1 is 0.750 bits per heavy atom. The minimum absolute atomic E-state index is 0.389. The number of aromatic carboxylic acids is 1. The average molecular weight is 418 g/mol. The molecule has 156 valence electrons. The molecule has 1 aliphatic rings. The number of rotatable bonds is 6. The molecule has 4 aromatic carbocycles. The lowest BCUT2D eigenvalue weighted by molar-refractivity contribution is 0.0696. The van der Waals surface area contributed by atoms with Gasteiger partial charge in [0.2, 0.25) is 0 Å². The quantitative estimate of drug-likeness (QED) is 0.378. The third kappa shape index (κ3) is 4.06. The van der Waals surface area contributed by atoms with E-state index in [1.54, 1.807) is 12.1 Å². The molecule has 32 heavy (non-hydrogen) atoms. The van der Waals surface area contributed by atoms with Crippen LogP contribution in [-0.2, 0) is 13.0 Å². The molecular weight excluding hydrogens is 396 g/mol. The van der Waals surface area contributed by atoms with Crippen molar-refractivity contribution in [2.45, 2.75) is 13.0 Å². The van der Waals surface area contributed by atoms with Gasteiger partial charge in [-0.2, -0.15) is 0 Å². The molecule has 0 atom stereocenters. The highest BCUT2D eigenvalue weighted by molar-refractivity contribution is 5.97. The van der Waals surface area contributed by atoms with Gasteiger partial charge in [-0.3, -0.25) is 0 Å². The normalized spacial score (nSPS) is 12.2. The molecule has 4 aromatic rings. The van der Waals surface area contributed by atoms with E-state index < -0.39 is 5.97 Å². The average Bonchev–Trinajstić information content (AvgIpc) is 3.28. The first-order valence-corrected chi connectivity index (χ1v) is 10.6. The molecule has 0 radical (unpaired) electrons. The van der Waals surface area contributed by atoms with Crippen LogP contribution in [0.2, 0.25) is 0 Å². The SMILES string of the molecule is O=C(O)c1cccc2c1CC(c1ccc(-c3ccc(OCc4ccccc4)cc3)cc1)=C2. The minimum atomic E-state index is -0.872. The number of benzene rings is 4. The first-order chi connectivity index (χ1) is 15.7. The molecule has 0 unspecified atom stereocenters. The van der Waals surface area contributed by atoms with E-state index in [0.717, 1.165) is 44.7 Å². The maximum absolute atomic E-state index is 11.5. The van der Waals surface area contributed by atoms with Crippen LogP contribution < -0.4 is 4.74 Å². The number of hydrogen-bond acceptors (Lipinski definition) is 2. The second kappa shape index (κ2) is 8.56. The molecule has 1 N–H and O–H groups in total. The summed E-state index contributed by atoms with van der Waals surface area (Å²) in [5, 5.41) is 9.45. The van der Waals surface area contributed by atoms with Crippen LogP contribution in [0.4, 0.5) is 0 Å². The van der Waals surface area contributed by atoms with Crippen LogP contribution in [0, 0.1) is 0 Å². The fourth-order valence-electron chi connectivity index (χ4n) is 4.11. The van der Waals surface area contributed by atoms with Gasteiger partial charge >= 0.3 is 5.97 Å². The molecule has 3 heteroatoms.